The van der Waals surface area contributed by atoms with Crippen molar-refractivity contribution in [1.82, 2.24) is 25.3 Å². The van der Waals surface area contributed by atoms with Crippen LogP contribution in [-0.4, -0.2) is 31.3 Å². The van der Waals surface area contributed by atoms with Gasteiger partial charge in [-0.2, -0.15) is 0 Å². The van der Waals surface area contributed by atoms with Gasteiger partial charge in [-0.05, 0) is 34.6 Å². The molecule has 0 saturated heterocycles. The van der Waals surface area contributed by atoms with Crippen LogP contribution in [0.2, 0.25) is 0 Å². The van der Waals surface area contributed by atoms with Gasteiger partial charge < -0.3 is 10.6 Å². The Morgan fingerprint density at radius 1 is 1.08 bits per heavy atom. The minimum Gasteiger partial charge on any atom is -0.364 e. The Bertz CT molecular complexity index is 1010. The van der Waals surface area contributed by atoms with E-state index in [9.17, 15) is 0 Å². The first-order valence-corrected chi connectivity index (χ1v) is 9.60. The monoisotopic (exact) mass is 371 g/mol. The highest BCUT2D eigenvalue weighted by Crippen LogP contribution is 2.30. The molecule has 8 nitrogen and oxygen atoms in total. The van der Waals surface area contributed by atoms with Crippen LogP contribution in [0.5, 0.6) is 0 Å². The van der Waals surface area contributed by atoms with Crippen LogP contribution in [0.25, 0.3) is 21.2 Å². The van der Waals surface area contributed by atoms with Gasteiger partial charge in [0.05, 0.1) is 17.1 Å². The zero-order valence-corrected chi connectivity index (χ0v) is 14.6. The summed E-state index contributed by atoms with van der Waals surface area (Å²) < 4.78 is 4.71. The molecule has 4 aromatic heterocycles. The van der Waals surface area contributed by atoms with Crippen molar-refractivity contribution in [1.29, 1.82) is 0 Å². The van der Waals surface area contributed by atoms with Gasteiger partial charge in [0.25, 0.3) is 0 Å². The Morgan fingerprint density at radius 3 is 2.68 bits per heavy atom. The standard InChI is InChI=1S/C15H13N7OS2/c1-2-10(24-5-1)15-18-9(7-25-15)6-16-11-12(17-8-3-4-8)20-14-13(19-11)21-23-22-14/h1-2,5,7-8H,3-4,6H2,(H,16,19,21)(H,17,20,22). The number of thiazole rings is 1. The number of hydrogen-bond acceptors (Lipinski definition) is 10. The van der Waals surface area contributed by atoms with E-state index in [0.717, 1.165) is 23.5 Å². The molecule has 1 saturated carbocycles. The molecule has 5 rings (SSSR count). The molecular formula is C15H13N7OS2. The molecular weight excluding hydrogens is 358 g/mol. The van der Waals surface area contributed by atoms with E-state index < -0.39 is 0 Å². The van der Waals surface area contributed by atoms with Gasteiger partial charge in [-0.25, -0.2) is 19.6 Å². The molecule has 1 fully saturated rings. The molecule has 0 aliphatic heterocycles. The molecule has 4 heterocycles. The number of thiophene rings is 1. The first-order valence-electron chi connectivity index (χ1n) is 7.84. The highest BCUT2D eigenvalue weighted by Gasteiger charge is 2.24. The second-order valence-electron chi connectivity index (χ2n) is 5.73. The van der Waals surface area contributed by atoms with Crippen molar-refractivity contribution < 1.29 is 4.63 Å². The molecule has 25 heavy (non-hydrogen) atoms. The summed E-state index contributed by atoms with van der Waals surface area (Å²) in [5.41, 5.74) is 1.76. The molecule has 0 aromatic carbocycles. The molecule has 0 amide bonds. The lowest BCUT2D eigenvalue weighted by atomic mass is 10.4. The normalized spacial score (nSPS) is 14.1. The van der Waals surface area contributed by atoms with Crippen molar-refractivity contribution in [3.05, 3.63) is 28.6 Å². The summed E-state index contributed by atoms with van der Waals surface area (Å²) in [5.74, 6) is 1.32. The molecule has 1 aliphatic carbocycles. The topological polar surface area (TPSA) is 102 Å². The lowest BCUT2D eigenvalue weighted by molar-refractivity contribution is 0.314. The van der Waals surface area contributed by atoms with Crippen LogP contribution < -0.4 is 10.6 Å². The van der Waals surface area contributed by atoms with E-state index in [4.69, 9.17) is 4.63 Å². The lowest BCUT2D eigenvalue weighted by Crippen LogP contribution is -2.10. The van der Waals surface area contributed by atoms with Crippen LogP contribution in [0.3, 0.4) is 0 Å². The minimum atomic E-state index is 0.390. The maximum Gasteiger partial charge on any atom is 0.245 e. The van der Waals surface area contributed by atoms with Gasteiger partial charge in [0.1, 0.15) is 5.01 Å². The van der Waals surface area contributed by atoms with Crippen LogP contribution >= 0.6 is 22.7 Å². The Balaban J connectivity index is 1.37. The molecule has 4 aromatic rings. The Kier molecular flexibility index (Phi) is 3.56. The molecule has 0 radical (unpaired) electrons. The summed E-state index contributed by atoms with van der Waals surface area (Å²) in [5, 5.41) is 19.3. The van der Waals surface area contributed by atoms with Gasteiger partial charge in [-0.3, -0.25) is 0 Å². The molecule has 0 atom stereocenters. The number of nitrogens with zero attached hydrogens (tertiary/aromatic N) is 5. The van der Waals surface area contributed by atoms with Crippen LogP contribution in [0, 0.1) is 0 Å². The highest BCUT2D eigenvalue weighted by molar-refractivity contribution is 7.20. The number of rotatable bonds is 6. The summed E-state index contributed by atoms with van der Waals surface area (Å²) in [6, 6.07) is 4.57. The number of hydrogen-bond donors (Lipinski definition) is 2. The summed E-state index contributed by atoms with van der Waals surface area (Å²) in [4.78, 5) is 14.8. The average Bonchev–Trinajstić information content (AvgIpc) is 3.06. The largest absolute Gasteiger partial charge is 0.364 e. The molecule has 126 valence electrons. The third kappa shape index (κ3) is 3.05. The number of fused-ring (bicyclic) bond motifs is 1. The van der Waals surface area contributed by atoms with E-state index in [1.54, 1.807) is 22.7 Å². The molecule has 0 bridgehead atoms. The fraction of sp³-hybridized carbons (Fsp3) is 0.267. The molecule has 0 spiro atoms. The predicted octanol–water partition coefficient (Wildman–Crippen LogP) is 3.38. The van der Waals surface area contributed by atoms with E-state index in [-0.39, 0.29) is 0 Å². The predicted molar refractivity (Wildman–Crippen MR) is 96.8 cm³/mol. The quantitative estimate of drug-likeness (QED) is 0.532. The molecule has 2 N–H and O–H groups in total. The van der Waals surface area contributed by atoms with Crippen molar-refractivity contribution in [2.24, 2.45) is 0 Å². The Hall–Kier alpha value is -2.59. The van der Waals surface area contributed by atoms with E-state index in [1.165, 1.54) is 4.88 Å². The van der Waals surface area contributed by atoms with Gasteiger partial charge in [0, 0.05) is 11.4 Å². The lowest BCUT2D eigenvalue weighted by Gasteiger charge is -2.10. The maximum absolute atomic E-state index is 4.71. The first-order chi connectivity index (χ1) is 12.3. The van der Waals surface area contributed by atoms with Crippen LogP contribution in [0.4, 0.5) is 11.6 Å². The van der Waals surface area contributed by atoms with Gasteiger partial charge in [-0.15, -0.1) is 22.7 Å². The maximum atomic E-state index is 4.71. The smallest absolute Gasteiger partial charge is 0.245 e. The van der Waals surface area contributed by atoms with Crippen LogP contribution in [0.15, 0.2) is 27.5 Å². The Morgan fingerprint density at radius 2 is 1.92 bits per heavy atom. The van der Waals surface area contributed by atoms with E-state index in [1.807, 2.05) is 6.07 Å². The zero-order valence-electron chi connectivity index (χ0n) is 13.0. The van der Waals surface area contributed by atoms with Crippen LogP contribution in [0.1, 0.15) is 18.5 Å². The number of anilines is 2. The summed E-state index contributed by atoms with van der Waals surface area (Å²) in [6.45, 7) is 0.562. The first kappa shape index (κ1) is 14.7. The second-order valence-corrected chi connectivity index (χ2v) is 7.53. The van der Waals surface area contributed by atoms with Gasteiger partial charge in [0.15, 0.2) is 11.6 Å². The van der Waals surface area contributed by atoms with E-state index >= 15 is 0 Å². The average molecular weight is 371 g/mol. The third-order valence-electron chi connectivity index (χ3n) is 3.75. The molecule has 0 unspecified atom stereocenters. The number of nitrogens with one attached hydrogen (secondary N) is 2. The SMILES string of the molecule is c1csc(-c2nc(CNc3nc4nonc4nc3NC3CC3)cs2)c1. The fourth-order valence-electron chi connectivity index (χ4n) is 2.36. The number of aromatic nitrogens is 5. The summed E-state index contributed by atoms with van der Waals surface area (Å²) in [7, 11) is 0. The third-order valence-corrected chi connectivity index (χ3v) is 5.68. The molecule has 10 heteroatoms. The van der Waals surface area contributed by atoms with Crippen molar-refractivity contribution in [2.75, 3.05) is 10.6 Å². The summed E-state index contributed by atoms with van der Waals surface area (Å²) >= 11 is 3.33. The van der Waals surface area contributed by atoms with Gasteiger partial charge in [-0.1, -0.05) is 6.07 Å². The van der Waals surface area contributed by atoms with Crippen LogP contribution in [-0.2, 0) is 6.54 Å². The summed E-state index contributed by atoms with van der Waals surface area (Å²) in [6.07, 6.45) is 2.29. The van der Waals surface area contributed by atoms with Gasteiger partial charge in [0.2, 0.25) is 11.3 Å². The fourth-order valence-corrected chi connectivity index (χ4v) is 3.99. The Labute approximate surface area is 150 Å². The van der Waals surface area contributed by atoms with Crippen molar-refractivity contribution >= 4 is 45.6 Å². The zero-order chi connectivity index (χ0) is 16.6. The molecule has 1 aliphatic rings. The van der Waals surface area contributed by atoms with Crippen molar-refractivity contribution in [3.63, 3.8) is 0 Å². The van der Waals surface area contributed by atoms with E-state index in [2.05, 4.69) is 52.7 Å². The van der Waals surface area contributed by atoms with Crippen molar-refractivity contribution in [3.8, 4) is 9.88 Å². The van der Waals surface area contributed by atoms with Gasteiger partial charge >= 0.3 is 0 Å². The minimum absolute atomic E-state index is 0.390. The van der Waals surface area contributed by atoms with Crippen molar-refractivity contribution in [2.45, 2.75) is 25.4 Å². The highest BCUT2D eigenvalue weighted by atomic mass is 32.1. The van der Waals surface area contributed by atoms with E-state index in [0.29, 0.717) is 35.5 Å². The second kappa shape index (κ2) is 6.05.